The van der Waals surface area contributed by atoms with E-state index in [1.54, 1.807) is 36.7 Å². The van der Waals surface area contributed by atoms with Crippen LogP contribution in [-0.4, -0.2) is 45.0 Å². The molecule has 10 nitrogen and oxygen atoms in total. The first kappa shape index (κ1) is 28.2. The number of benzene rings is 3. The highest BCUT2D eigenvalue weighted by Crippen LogP contribution is 2.33. The Labute approximate surface area is 251 Å². The zero-order valence-corrected chi connectivity index (χ0v) is 24.3. The molecule has 0 aliphatic heterocycles. The van der Waals surface area contributed by atoms with Gasteiger partial charge in [0, 0.05) is 35.6 Å². The van der Waals surface area contributed by atoms with Crippen LogP contribution < -0.4 is 9.40 Å². The number of rotatable bonds is 9. The fourth-order valence-corrected chi connectivity index (χ4v) is 5.55. The first-order valence-electron chi connectivity index (χ1n) is 13.1. The van der Waals surface area contributed by atoms with Gasteiger partial charge in [-0.25, -0.2) is 12.8 Å². The third kappa shape index (κ3) is 6.30. The van der Waals surface area contributed by atoms with Crippen molar-refractivity contribution in [2.75, 3.05) is 11.0 Å². The van der Waals surface area contributed by atoms with E-state index in [4.69, 9.17) is 16.6 Å². The highest BCUT2D eigenvalue weighted by molar-refractivity contribution is 7.92. The van der Waals surface area contributed by atoms with Crippen LogP contribution in [0.3, 0.4) is 0 Å². The predicted octanol–water partition coefficient (Wildman–Crippen LogP) is 5.00. The number of aromatic amines is 1. The number of nitrogens with one attached hydrogen (secondary N) is 2. The van der Waals surface area contributed by atoms with E-state index in [2.05, 4.69) is 25.3 Å². The van der Waals surface area contributed by atoms with E-state index in [1.807, 2.05) is 59.4 Å². The number of aromatic nitrogens is 7. The molecule has 13 heteroatoms. The second kappa shape index (κ2) is 11.7. The lowest BCUT2D eigenvalue weighted by Crippen LogP contribution is -2.33. The average molecular weight is 616 g/mol. The second-order valence-corrected chi connectivity index (χ2v) is 12.0. The van der Waals surface area contributed by atoms with Crippen LogP contribution in [0.5, 0.6) is 0 Å². The maximum Gasteiger partial charge on any atom is 0.293 e. The summed E-state index contributed by atoms with van der Waals surface area (Å²) in [5.74, 6) is -0.578. The molecular weight excluding hydrogens is 591 g/mol. The maximum atomic E-state index is 15.3. The molecule has 0 aliphatic carbocycles. The Kier molecular flexibility index (Phi) is 7.70. The molecule has 2 N–H and O–H groups in total. The van der Waals surface area contributed by atoms with E-state index in [0.717, 1.165) is 28.6 Å². The lowest BCUT2D eigenvalue weighted by Gasteiger charge is -2.18. The second-order valence-electron chi connectivity index (χ2n) is 9.89. The maximum absolute atomic E-state index is 15.3. The van der Waals surface area contributed by atoms with Gasteiger partial charge in [-0.1, -0.05) is 65.3 Å². The first-order chi connectivity index (χ1) is 20.7. The van der Waals surface area contributed by atoms with Gasteiger partial charge in [0.1, 0.15) is 10.8 Å². The van der Waals surface area contributed by atoms with Crippen molar-refractivity contribution in [2.45, 2.75) is 12.5 Å². The molecule has 3 aromatic heterocycles. The molecule has 43 heavy (non-hydrogen) atoms. The molecule has 1 unspecified atom stereocenters. The molecule has 6 aromatic rings. The van der Waals surface area contributed by atoms with Crippen molar-refractivity contribution in [1.82, 2.24) is 30.3 Å². The molecule has 0 saturated heterocycles. The summed E-state index contributed by atoms with van der Waals surface area (Å²) in [4.78, 5) is 4.76. The number of halogens is 2. The third-order valence-corrected chi connectivity index (χ3v) is 7.74. The zero-order chi connectivity index (χ0) is 30.0. The Hall–Kier alpha value is -4.94. The summed E-state index contributed by atoms with van der Waals surface area (Å²) in [5.41, 5.74) is 5.31. The van der Waals surface area contributed by atoms with Gasteiger partial charge < -0.3 is 0 Å². The summed E-state index contributed by atoms with van der Waals surface area (Å²) in [7, 11) is -3.37. The zero-order valence-electron chi connectivity index (χ0n) is 22.8. The number of hydrogen-bond donors (Lipinski definition) is 2. The van der Waals surface area contributed by atoms with E-state index in [1.165, 1.54) is 17.1 Å². The van der Waals surface area contributed by atoms with Crippen LogP contribution >= 0.6 is 11.6 Å². The molecule has 0 radical (unpaired) electrons. The third-order valence-electron chi connectivity index (χ3n) is 6.84. The number of hydrogen-bond acceptors (Lipinski definition) is 6. The van der Waals surface area contributed by atoms with Gasteiger partial charge in [0.2, 0.25) is 10.0 Å². The summed E-state index contributed by atoms with van der Waals surface area (Å²) >= 11 is 6.15. The number of sulfonamides is 1. The van der Waals surface area contributed by atoms with E-state index in [9.17, 15) is 8.42 Å². The average Bonchev–Trinajstić information content (AvgIpc) is 3.71. The smallest absolute Gasteiger partial charge is 0.284 e. The van der Waals surface area contributed by atoms with Crippen molar-refractivity contribution in [3.8, 4) is 27.9 Å². The molecule has 0 fully saturated rings. The van der Waals surface area contributed by atoms with Crippen LogP contribution in [0.1, 0.15) is 17.3 Å². The van der Waals surface area contributed by atoms with Crippen molar-refractivity contribution in [3.63, 3.8) is 0 Å². The Morgan fingerprint density at radius 3 is 2.42 bits per heavy atom. The minimum atomic E-state index is -3.37. The van der Waals surface area contributed by atoms with Gasteiger partial charge in [-0.2, -0.15) is 5.10 Å². The van der Waals surface area contributed by atoms with Gasteiger partial charge in [0.25, 0.3) is 6.33 Å². The summed E-state index contributed by atoms with van der Waals surface area (Å²) < 4.78 is 44.3. The normalized spacial score (nSPS) is 12.3. The highest BCUT2D eigenvalue weighted by Gasteiger charge is 2.22. The lowest BCUT2D eigenvalue weighted by molar-refractivity contribution is -0.659. The lowest BCUT2D eigenvalue weighted by atomic mass is 10.0. The first-order valence-corrected chi connectivity index (χ1v) is 15.4. The van der Waals surface area contributed by atoms with Crippen molar-refractivity contribution < 1.29 is 17.5 Å². The Morgan fingerprint density at radius 2 is 1.74 bits per heavy atom. The molecule has 0 aliphatic rings. The van der Waals surface area contributed by atoms with Crippen LogP contribution in [-0.2, 0) is 16.4 Å². The van der Waals surface area contributed by atoms with Crippen molar-refractivity contribution >= 4 is 27.3 Å². The van der Waals surface area contributed by atoms with E-state index >= 15 is 4.39 Å². The number of H-pyrrole nitrogens is 1. The largest absolute Gasteiger partial charge is 0.293 e. The molecule has 0 bridgehead atoms. The van der Waals surface area contributed by atoms with Gasteiger partial charge in [-0.05, 0) is 41.5 Å². The minimum absolute atomic E-state index is 0.0120. The Morgan fingerprint density at radius 1 is 0.977 bits per heavy atom. The molecule has 1 atom stereocenters. The predicted molar refractivity (Wildman–Crippen MR) is 161 cm³/mol. The molecular formula is C30H25ClFN8O2S+. The summed E-state index contributed by atoms with van der Waals surface area (Å²) in [6.45, 7) is 0. The van der Waals surface area contributed by atoms with E-state index in [0.29, 0.717) is 23.4 Å². The van der Waals surface area contributed by atoms with Gasteiger partial charge >= 0.3 is 0 Å². The van der Waals surface area contributed by atoms with Gasteiger partial charge in [0.15, 0.2) is 11.0 Å². The Bertz CT molecular complexity index is 1970. The molecule has 0 amide bonds. The van der Waals surface area contributed by atoms with Gasteiger partial charge in [-0.15, -0.1) is 4.68 Å². The number of nitrogens with zero attached hydrogens (tertiary/aromatic N) is 6. The monoisotopic (exact) mass is 615 g/mol. The Balaban J connectivity index is 1.35. The summed E-state index contributed by atoms with van der Waals surface area (Å²) in [5, 5.41) is 14.9. The molecule has 0 saturated carbocycles. The fraction of sp³-hybridized carbons (Fsp3) is 0.100. The van der Waals surface area contributed by atoms with Crippen molar-refractivity contribution in [3.05, 3.63) is 126 Å². The minimum Gasteiger partial charge on any atom is -0.284 e. The number of tetrazole rings is 1. The molecule has 3 heterocycles. The van der Waals surface area contributed by atoms with Crippen LogP contribution in [0.25, 0.3) is 27.9 Å². The molecule has 6 rings (SSSR count). The highest BCUT2D eigenvalue weighted by atomic mass is 35.5. The van der Waals surface area contributed by atoms with Crippen molar-refractivity contribution in [1.29, 1.82) is 0 Å². The van der Waals surface area contributed by atoms with Gasteiger partial charge in [0.05, 0.1) is 34.8 Å². The quantitative estimate of drug-likeness (QED) is 0.221. The SMILES string of the molecule is CS(=O)(=O)Nc1ccc(-c2cnn(C(Cc3ccccc3)c3ccc(-c4c(-[n+]5cnn[nH]5)ccc(Cl)c4F)cn3)c2)cc1. The fourth-order valence-electron chi connectivity index (χ4n) is 4.83. The van der Waals surface area contributed by atoms with E-state index in [-0.39, 0.29) is 16.6 Å². The van der Waals surface area contributed by atoms with Crippen LogP contribution in [0, 0.1) is 5.82 Å². The van der Waals surface area contributed by atoms with Crippen LogP contribution in [0.15, 0.2) is 104 Å². The van der Waals surface area contributed by atoms with Crippen LogP contribution in [0.4, 0.5) is 10.1 Å². The van der Waals surface area contributed by atoms with E-state index < -0.39 is 15.8 Å². The molecule has 216 valence electrons. The topological polar surface area (TPSA) is 122 Å². The summed E-state index contributed by atoms with van der Waals surface area (Å²) in [6.07, 6.45) is 8.47. The van der Waals surface area contributed by atoms with Crippen molar-refractivity contribution in [2.24, 2.45) is 0 Å². The van der Waals surface area contributed by atoms with Crippen LogP contribution in [0.2, 0.25) is 5.02 Å². The standard InChI is InChI=1S/C30H24ClFN8O2S/c1-43(41,42)36-24-10-7-21(8-11-24)23-17-35-39(18-23)28(15-20-5-3-2-4-6-20)26-13-9-22(16-33-26)29-27(40-19-34-37-38-40)14-12-25(31)30(29)32/h2-14,16-19,28,36H,15H2,1H3/p+1. The number of pyridine rings is 1. The number of anilines is 1. The van der Waals surface area contributed by atoms with Gasteiger partial charge in [-0.3, -0.25) is 14.4 Å². The summed E-state index contributed by atoms with van der Waals surface area (Å²) in [6, 6.07) is 23.6. The molecule has 0 spiro atoms. The molecule has 3 aromatic carbocycles.